The van der Waals surface area contributed by atoms with Gasteiger partial charge in [0.15, 0.2) is 12.6 Å². The maximum atomic E-state index is 10.5. The zero-order valence-corrected chi connectivity index (χ0v) is 39.1. The fourth-order valence-corrected chi connectivity index (χ4v) is 7.26. The predicted molar refractivity (Wildman–Crippen MR) is 235 cm³/mol. The second-order valence-electron chi connectivity index (χ2n) is 17.0. The van der Waals surface area contributed by atoms with Gasteiger partial charge < -0.3 is 98.1 Å². The van der Waals surface area contributed by atoms with E-state index in [4.69, 9.17) is 52.1 Å². The number of ether oxygens (including phenoxy) is 11. The van der Waals surface area contributed by atoms with Crippen molar-refractivity contribution in [2.45, 2.75) is 158 Å². The molecular formula is C45H88O20. The summed E-state index contributed by atoms with van der Waals surface area (Å²) in [7, 11) is 0. The minimum atomic E-state index is -1.51. The largest absolute Gasteiger partial charge is 0.396 e. The summed E-state index contributed by atoms with van der Waals surface area (Å²) < 4.78 is 61.5. The van der Waals surface area contributed by atoms with Crippen molar-refractivity contribution in [3.63, 3.8) is 0 Å². The first-order valence-electron chi connectivity index (χ1n) is 24.1. The van der Waals surface area contributed by atoms with Crippen molar-refractivity contribution in [3.8, 4) is 0 Å². The van der Waals surface area contributed by atoms with Gasteiger partial charge in [-0.2, -0.15) is 0 Å². The molecule has 20 nitrogen and oxygen atoms in total. The van der Waals surface area contributed by atoms with Gasteiger partial charge in [-0.25, -0.2) is 0 Å². The topological polar surface area (TPSA) is 284 Å². The average molecular weight is 949 g/mol. The lowest BCUT2D eigenvalue weighted by atomic mass is 9.92. The van der Waals surface area contributed by atoms with Crippen molar-refractivity contribution >= 4 is 0 Å². The Hall–Kier alpha value is -0.800. The van der Waals surface area contributed by atoms with Crippen molar-refractivity contribution < 1.29 is 98.1 Å². The average Bonchev–Trinajstić information content (AvgIpc) is 3.31. The van der Waals surface area contributed by atoms with Gasteiger partial charge in [0.25, 0.3) is 0 Å². The van der Waals surface area contributed by atoms with Crippen LogP contribution in [0.5, 0.6) is 0 Å². The standard InChI is InChI=1S/C45H88O20/c1-2-3-4-5-6-7-8-9-10-11-12-13-14-15-16-59-32-45(31-48,33-60-23-21-55-17-19-57-25-27-62-43-41(53)39(51)37(49)35(29-46)64-43)34-61-24-22-56-18-20-58-26-28-63-44-42(54)40(52)38(50)36(30-47)65-44/h35-44,46-54H,2-34H2,1H3/t35-,36-,37-,38-,39+,40+,41+,42+,43+,44+/m1/s1. The number of unbranched alkanes of at least 4 members (excludes halogenated alkanes) is 13. The molecule has 9 N–H and O–H groups in total. The first kappa shape index (κ1) is 60.3. The van der Waals surface area contributed by atoms with Crippen LogP contribution < -0.4 is 0 Å². The van der Waals surface area contributed by atoms with Crippen LogP contribution in [0.15, 0.2) is 0 Å². The molecule has 2 aliphatic rings. The number of hydrogen-bond acceptors (Lipinski definition) is 20. The van der Waals surface area contributed by atoms with Crippen LogP contribution in [-0.4, -0.2) is 233 Å². The molecule has 20 heteroatoms. The molecular weight excluding hydrogens is 860 g/mol. The number of aliphatic hydroxyl groups is 9. The molecule has 2 rings (SSSR count). The van der Waals surface area contributed by atoms with Crippen molar-refractivity contribution in [2.24, 2.45) is 5.41 Å². The van der Waals surface area contributed by atoms with Crippen LogP contribution in [0.3, 0.4) is 0 Å². The monoisotopic (exact) mass is 949 g/mol. The summed E-state index contributed by atoms with van der Waals surface area (Å²) in [5.41, 5.74) is -0.801. The van der Waals surface area contributed by atoms with Crippen molar-refractivity contribution in [1.82, 2.24) is 0 Å². The zero-order chi connectivity index (χ0) is 47.4. The number of hydrogen-bond donors (Lipinski definition) is 9. The first-order valence-corrected chi connectivity index (χ1v) is 24.1. The van der Waals surface area contributed by atoms with Gasteiger partial charge in [-0.05, 0) is 6.42 Å². The summed E-state index contributed by atoms with van der Waals surface area (Å²) >= 11 is 0. The predicted octanol–water partition coefficient (Wildman–Crippen LogP) is 0.196. The molecule has 2 fully saturated rings. The summed E-state index contributed by atoms with van der Waals surface area (Å²) in [6, 6.07) is 0. The van der Waals surface area contributed by atoms with E-state index in [1.54, 1.807) is 0 Å². The molecule has 2 aliphatic heterocycles. The van der Waals surface area contributed by atoms with Gasteiger partial charge >= 0.3 is 0 Å². The van der Waals surface area contributed by atoms with Gasteiger partial charge in [-0.3, -0.25) is 0 Å². The van der Waals surface area contributed by atoms with Crippen LogP contribution in [0, 0.1) is 5.41 Å². The van der Waals surface area contributed by atoms with Crippen molar-refractivity contribution in [2.75, 3.05) is 126 Å². The summed E-state index contributed by atoms with van der Waals surface area (Å²) in [6.45, 7) is 4.67. The Balaban J connectivity index is 1.61. The van der Waals surface area contributed by atoms with E-state index in [2.05, 4.69) is 6.92 Å². The highest BCUT2D eigenvalue weighted by atomic mass is 16.7. The number of aliphatic hydroxyl groups excluding tert-OH is 9. The lowest BCUT2D eigenvalue weighted by Gasteiger charge is -2.39. The van der Waals surface area contributed by atoms with E-state index >= 15 is 0 Å². The second-order valence-corrected chi connectivity index (χ2v) is 17.0. The number of rotatable bonds is 44. The van der Waals surface area contributed by atoms with Crippen molar-refractivity contribution in [1.29, 1.82) is 0 Å². The molecule has 65 heavy (non-hydrogen) atoms. The summed E-state index contributed by atoms with van der Waals surface area (Å²) in [5.74, 6) is 0. The van der Waals surface area contributed by atoms with E-state index in [0.717, 1.165) is 12.8 Å². The smallest absolute Gasteiger partial charge is 0.186 e. The van der Waals surface area contributed by atoms with Gasteiger partial charge in [0, 0.05) is 6.61 Å². The van der Waals surface area contributed by atoms with E-state index in [0.29, 0.717) is 6.61 Å². The molecule has 0 spiro atoms. The molecule has 0 aliphatic carbocycles. The summed E-state index contributed by atoms with van der Waals surface area (Å²) in [4.78, 5) is 0. The third-order valence-electron chi connectivity index (χ3n) is 11.4. The van der Waals surface area contributed by atoms with Gasteiger partial charge in [0.1, 0.15) is 48.8 Å². The molecule has 10 atom stereocenters. The third kappa shape index (κ3) is 26.1. The van der Waals surface area contributed by atoms with Crippen LogP contribution in [0.25, 0.3) is 0 Å². The Morgan fingerprint density at radius 1 is 0.354 bits per heavy atom. The Labute approximate surface area is 386 Å². The van der Waals surface area contributed by atoms with E-state index < -0.39 is 80.0 Å². The SMILES string of the molecule is CCCCCCCCCCCCCCCCOCC(CO)(COCCOCCOCCO[C@H]1O[C@H](CO)[C@@H](O)[C@H](O)[C@@H]1O)COCCOCCOCCO[C@H]1O[C@H](CO)[C@@H](O)[C@H](O)[C@@H]1O. The van der Waals surface area contributed by atoms with Gasteiger partial charge in [0.2, 0.25) is 0 Å². The maximum Gasteiger partial charge on any atom is 0.186 e. The molecule has 0 aromatic carbocycles. The highest BCUT2D eigenvalue weighted by Gasteiger charge is 2.45. The van der Waals surface area contributed by atoms with Gasteiger partial charge in [-0.15, -0.1) is 0 Å². The van der Waals surface area contributed by atoms with Crippen LogP contribution >= 0.6 is 0 Å². The first-order chi connectivity index (χ1) is 31.6. The fraction of sp³-hybridized carbons (Fsp3) is 1.00. The molecule has 0 unspecified atom stereocenters. The Morgan fingerprint density at radius 3 is 1.00 bits per heavy atom. The van der Waals surface area contributed by atoms with Crippen LogP contribution in [0.1, 0.15) is 96.8 Å². The van der Waals surface area contributed by atoms with E-state index in [1.807, 2.05) is 0 Å². The highest BCUT2D eigenvalue weighted by molar-refractivity contribution is 4.90. The fourth-order valence-electron chi connectivity index (χ4n) is 7.26. The molecule has 2 heterocycles. The highest BCUT2D eigenvalue weighted by Crippen LogP contribution is 2.24. The quantitative estimate of drug-likeness (QED) is 0.0369. The Morgan fingerprint density at radius 2 is 0.662 bits per heavy atom. The molecule has 0 aromatic rings. The molecule has 0 saturated carbocycles. The minimum Gasteiger partial charge on any atom is -0.396 e. The molecule has 2 saturated heterocycles. The third-order valence-corrected chi connectivity index (χ3v) is 11.4. The van der Waals surface area contributed by atoms with Crippen LogP contribution in [0.4, 0.5) is 0 Å². The second kappa shape index (κ2) is 39.0. The Kier molecular flexibility index (Phi) is 36.2. The van der Waals surface area contributed by atoms with Crippen LogP contribution in [-0.2, 0) is 52.1 Å². The molecule has 0 bridgehead atoms. The summed E-state index contributed by atoms with van der Waals surface area (Å²) in [6.07, 6.45) is 4.42. The van der Waals surface area contributed by atoms with Crippen molar-refractivity contribution in [3.05, 3.63) is 0 Å². The van der Waals surface area contributed by atoms with Crippen LogP contribution in [0.2, 0.25) is 0 Å². The van der Waals surface area contributed by atoms with E-state index in [-0.39, 0.29) is 106 Å². The van der Waals surface area contributed by atoms with E-state index in [1.165, 1.54) is 77.0 Å². The lowest BCUT2D eigenvalue weighted by molar-refractivity contribution is -0.302. The molecule has 0 aromatic heterocycles. The lowest BCUT2D eigenvalue weighted by Crippen LogP contribution is -2.59. The van der Waals surface area contributed by atoms with E-state index in [9.17, 15) is 46.0 Å². The zero-order valence-electron chi connectivity index (χ0n) is 39.1. The van der Waals surface area contributed by atoms with Gasteiger partial charge in [-0.1, -0.05) is 90.4 Å². The molecule has 388 valence electrons. The summed E-state index contributed by atoms with van der Waals surface area (Å²) in [5, 5.41) is 88.8. The Bertz CT molecular complexity index is 1010. The maximum absolute atomic E-state index is 10.5. The molecule has 0 radical (unpaired) electrons. The van der Waals surface area contributed by atoms with Gasteiger partial charge in [0.05, 0.1) is 124 Å². The molecule has 0 amide bonds. The minimum absolute atomic E-state index is 0.0362. The normalized spacial score (nSPS) is 26.3.